The maximum absolute atomic E-state index is 11.8. The van der Waals surface area contributed by atoms with Crippen molar-refractivity contribution in [2.45, 2.75) is 39.7 Å². The van der Waals surface area contributed by atoms with Crippen molar-refractivity contribution >= 4 is 29.2 Å². The van der Waals surface area contributed by atoms with Gasteiger partial charge in [0.15, 0.2) is 5.82 Å². The van der Waals surface area contributed by atoms with Gasteiger partial charge in [0.25, 0.3) is 0 Å². The molecule has 0 radical (unpaired) electrons. The average Bonchev–Trinajstić information content (AvgIpc) is 2.82. The van der Waals surface area contributed by atoms with Crippen LogP contribution < -0.4 is 10.2 Å². The van der Waals surface area contributed by atoms with Crippen LogP contribution in [0.3, 0.4) is 0 Å². The van der Waals surface area contributed by atoms with E-state index in [0.717, 1.165) is 41.7 Å². The quantitative estimate of drug-likeness (QED) is 0.408. The van der Waals surface area contributed by atoms with Gasteiger partial charge in [-0.15, -0.1) is 0 Å². The zero-order chi connectivity index (χ0) is 24.1. The molecule has 0 saturated carbocycles. The lowest BCUT2D eigenvalue weighted by Gasteiger charge is -2.32. The molecule has 1 saturated heterocycles. The van der Waals surface area contributed by atoms with Crippen molar-refractivity contribution in [3.05, 3.63) is 48.0 Å². The summed E-state index contributed by atoms with van der Waals surface area (Å²) in [5.41, 5.74) is 2.54. The molecule has 1 unspecified atom stereocenters. The molecule has 1 aromatic heterocycles. The van der Waals surface area contributed by atoms with Crippen molar-refractivity contribution < 1.29 is 14.6 Å². The van der Waals surface area contributed by atoms with Crippen LogP contribution in [0.4, 0.5) is 10.6 Å². The Morgan fingerprint density at radius 1 is 1.29 bits per heavy atom. The number of aliphatic imine (C=N–C) groups is 1. The number of rotatable bonds is 6. The number of aromatic hydroxyl groups is 1. The Labute approximate surface area is 199 Å². The molecular formula is C26H31N5O3. The molecule has 2 N–H and O–H groups in total. The van der Waals surface area contributed by atoms with Crippen molar-refractivity contribution in [3.63, 3.8) is 0 Å². The first-order valence-electron chi connectivity index (χ1n) is 11.7. The zero-order valence-electron chi connectivity index (χ0n) is 19.9. The molecular weight excluding hydrogens is 430 g/mol. The van der Waals surface area contributed by atoms with E-state index in [1.807, 2.05) is 45.0 Å². The Hall–Kier alpha value is -3.68. The SMILES string of the molecule is Cc1ccc2c(N3CCCC(N=CNC(=O)OCC(C)C)C3)nc(-c3ccccc3O)nc2c1. The van der Waals surface area contributed by atoms with Gasteiger partial charge in [0, 0.05) is 18.5 Å². The standard InChI is InChI=1S/C26H31N5O3/c1-17(2)15-34-26(33)28-16-27-19-7-6-12-31(14-19)25-20-11-10-18(3)13-22(20)29-24(30-25)21-8-4-5-9-23(21)32/h4-5,8-11,13,16-17,19,32H,6-7,12,14-15H2,1-3H3,(H,27,28,33). The monoisotopic (exact) mass is 461 g/mol. The van der Waals surface area contributed by atoms with Gasteiger partial charge < -0.3 is 14.7 Å². The lowest BCUT2D eigenvalue weighted by atomic mass is 10.0. The number of para-hydroxylation sites is 1. The number of phenols is 1. The van der Waals surface area contributed by atoms with E-state index in [9.17, 15) is 9.90 Å². The molecule has 1 atom stereocenters. The normalized spacial score (nSPS) is 16.4. The molecule has 8 heteroatoms. The number of amides is 1. The van der Waals surface area contributed by atoms with Crippen molar-refractivity contribution in [1.82, 2.24) is 15.3 Å². The molecule has 0 aliphatic carbocycles. The maximum atomic E-state index is 11.8. The number of hydrogen-bond donors (Lipinski definition) is 2. The minimum Gasteiger partial charge on any atom is -0.507 e. The Kier molecular flexibility index (Phi) is 7.25. The number of carbonyl (C=O) groups is 1. The second kappa shape index (κ2) is 10.5. The average molecular weight is 462 g/mol. The molecule has 3 aromatic rings. The van der Waals surface area contributed by atoms with Gasteiger partial charge in [-0.25, -0.2) is 14.8 Å². The number of carbonyl (C=O) groups excluding carboxylic acids is 1. The van der Waals surface area contributed by atoms with E-state index >= 15 is 0 Å². The summed E-state index contributed by atoms with van der Waals surface area (Å²) in [6, 6.07) is 13.3. The highest BCUT2D eigenvalue weighted by molar-refractivity contribution is 5.92. The number of piperidine rings is 1. The molecule has 0 bridgehead atoms. The first-order valence-corrected chi connectivity index (χ1v) is 11.7. The van der Waals surface area contributed by atoms with Gasteiger partial charge in [-0.1, -0.05) is 32.0 Å². The van der Waals surface area contributed by atoms with Crippen molar-refractivity contribution in [2.24, 2.45) is 10.9 Å². The molecule has 2 aromatic carbocycles. The van der Waals surface area contributed by atoms with Gasteiger partial charge in [0.1, 0.15) is 11.6 Å². The largest absolute Gasteiger partial charge is 0.507 e. The Morgan fingerprint density at radius 2 is 2.12 bits per heavy atom. The van der Waals surface area contributed by atoms with Crippen LogP contribution in [0.5, 0.6) is 5.75 Å². The van der Waals surface area contributed by atoms with E-state index in [1.54, 1.807) is 12.1 Å². The molecule has 1 aliphatic rings. The number of hydrogen-bond acceptors (Lipinski definition) is 7. The van der Waals surface area contributed by atoms with Crippen molar-refractivity contribution in [3.8, 4) is 17.1 Å². The Balaban J connectivity index is 1.58. The van der Waals surface area contributed by atoms with Crippen LogP contribution in [-0.4, -0.2) is 53.2 Å². The van der Waals surface area contributed by atoms with Crippen molar-refractivity contribution in [1.29, 1.82) is 0 Å². The number of aromatic nitrogens is 2. The summed E-state index contributed by atoms with van der Waals surface area (Å²) in [7, 11) is 0. The minimum atomic E-state index is -0.491. The summed E-state index contributed by atoms with van der Waals surface area (Å²) in [5, 5.41) is 13.9. The third-order valence-corrected chi connectivity index (χ3v) is 5.69. The number of aryl methyl sites for hydroxylation is 1. The summed E-state index contributed by atoms with van der Waals surface area (Å²) in [4.78, 5) is 28.2. The lowest BCUT2D eigenvalue weighted by molar-refractivity contribution is 0.138. The van der Waals surface area contributed by atoms with E-state index in [2.05, 4.69) is 21.3 Å². The minimum absolute atomic E-state index is 0.0168. The number of benzene rings is 2. The maximum Gasteiger partial charge on any atom is 0.412 e. The highest BCUT2D eigenvalue weighted by Crippen LogP contribution is 2.33. The van der Waals surface area contributed by atoms with E-state index in [-0.39, 0.29) is 17.7 Å². The number of anilines is 1. The third-order valence-electron chi connectivity index (χ3n) is 5.69. The van der Waals surface area contributed by atoms with Crippen LogP contribution in [0.15, 0.2) is 47.5 Å². The van der Waals surface area contributed by atoms with Gasteiger partial charge >= 0.3 is 6.09 Å². The predicted molar refractivity (Wildman–Crippen MR) is 134 cm³/mol. The number of alkyl carbamates (subject to hydrolysis) is 1. The smallest absolute Gasteiger partial charge is 0.412 e. The predicted octanol–water partition coefficient (Wildman–Crippen LogP) is 4.69. The molecule has 8 nitrogen and oxygen atoms in total. The first-order chi connectivity index (χ1) is 16.4. The second-order valence-corrected chi connectivity index (χ2v) is 9.07. The molecule has 178 valence electrons. The lowest BCUT2D eigenvalue weighted by Crippen LogP contribution is -2.39. The van der Waals surface area contributed by atoms with Gasteiger partial charge in [-0.05, 0) is 55.5 Å². The van der Waals surface area contributed by atoms with E-state index in [4.69, 9.17) is 14.7 Å². The molecule has 4 rings (SSSR count). The fraction of sp³-hybridized carbons (Fsp3) is 0.385. The molecule has 1 fully saturated rings. The topological polar surface area (TPSA) is 99.9 Å². The highest BCUT2D eigenvalue weighted by atomic mass is 16.5. The number of nitrogens with one attached hydrogen (secondary N) is 1. The summed E-state index contributed by atoms with van der Waals surface area (Å²) in [5.74, 6) is 1.75. The van der Waals surface area contributed by atoms with Gasteiger partial charge in [0.05, 0.1) is 30.1 Å². The summed E-state index contributed by atoms with van der Waals surface area (Å²) in [6.45, 7) is 7.89. The second-order valence-electron chi connectivity index (χ2n) is 9.07. The van der Waals surface area contributed by atoms with E-state index in [1.165, 1.54) is 6.34 Å². The molecule has 2 heterocycles. The first kappa shape index (κ1) is 23.5. The van der Waals surface area contributed by atoms with Crippen LogP contribution >= 0.6 is 0 Å². The van der Waals surface area contributed by atoms with Crippen LogP contribution in [-0.2, 0) is 4.74 Å². The van der Waals surface area contributed by atoms with Crippen LogP contribution in [0.2, 0.25) is 0 Å². The fourth-order valence-corrected chi connectivity index (χ4v) is 4.00. The summed E-state index contributed by atoms with van der Waals surface area (Å²) in [6.07, 6.45) is 2.81. The zero-order valence-corrected chi connectivity index (χ0v) is 19.9. The number of fused-ring (bicyclic) bond motifs is 1. The number of ether oxygens (including phenoxy) is 1. The summed E-state index contributed by atoms with van der Waals surface area (Å²) < 4.78 is 5.12. The van der Waals surface area contributed by atoms with E-state index in [0.29, 0.717) is 24.5 Å². The van der Waals surface area contributed by atoms with Gasteiger partial charge in [-0.3, -0.25) is 10.3 Å². The molecule has 1 amide bonds. The highest BCUT2D eigenvalue weighted by Gasteiger charge is 2.23. The van der Waals surface area contributed by atoms with Crippen LogP contribution in [0.1, 0.15) is 32.3 Å². The van der Waals surface area contributed by atoms with Gasteiger partial charge in [0.2, 0.25) is 0 Å². The fourth-order valence-electron chi connectivity index (χ4n) is 4.00. The van der Waals surface area contributed by atoms with Gasteiger partial charge in [-0.2, -0.15) is 0 Å². The number of phenolic OH excluding ortho intramolecular Hbond substituents is 1. The van der Waals surface area contributed by atoms with E-state index < -0.39 is 6.09 Å². The van der Waals surface area contributed by atoms with Crippen molar-refractivity contribution in [2.75, 3.05) is 24.6 Å². The third kappa shape index (κ3) is 5.62. The Morgan fingerprint density at radius 3 is 2.91 bits per heavy atom. The number of nitrogens with zero attached hydrogens (tertiary/aromatic N) is 4. The Bertz CT molecular complexity index is 1190. The van der Waals surface area contributed by atoms with Crippen LogP contribution in [0, 0.1) is 12.8 Å². The molecule has 1 aliphatic heterocycles. The molecule has 0 spiro atoms. The summed E-state index contributed by atoms with van der Waals surface area (Å²) >= 11 is 0. The molecule has 34 heavy (non-hydrogen) atoms. The van der Waals surface area contributed by atoms with Crippen LogP contribution in [0.25, 0.3) is 22.3 Å².